The van der Waals surface area contributed by atoms with Crippen molar-refractivity contribution in [2.75, 3.05) is 12.3 Å². The van der Waals surface area contributed by atoms with Crippen LogP contribution in [0.25, 0.3) is 0 Å². The Morgan fingerprint density at radius 1 is 1.44 bits per heavy atom. The van der Waals surface area contributed by atoms with Crippen LogP contribution in [0.4, 0.5) is 4.39 Å². The van der Waals surface area contributed by atoms with Crippen LogP contribution >= 0.6 is 11.8 Å². The molecule has 100 valence electrons. The van der Waals surface area contributed by atoms with Crippen LogP contribution in [0.3, 0.4) is 0 Å². The summed E-state index contributed by atoms with van der Waals surface area (Å²) in [5.41, 5.74) is 0. The molecule has 1 nitrogen and oxygen atoms in total. The molecule has 0 spiro atoms. The van der Waals surface area contributed by atoms with Crippen LogP contribution in [0.1, 0.15) is 32.6 Å². The molecule has 1 aliphatic carbocycles. The van der Waals surface area contributed by atoms with Gasteiger partial charge in [0.1, 0.15) is 5.82 Å². The average molecular weight is 267 g/mol. The van der Waals surface area contributed by atoms with Gasteiger partial charge in [0.05, 0.1) is 0 Å². The Morgan fingerprint density at radius 2 is 2.28 bits per heavy atom. The summed E-state index contributed by atoms with van der Waals surface area (Å²) in [6.07, 6.45) is 5.25. The first-order valence-electron chi connectivity index (χ1n) is 6.89. The van der Waals surface area contributed by atoms with Crippen LogP contribution in [0.5, 0.6) is 0 Å². The van der Waals surface area contributed by atoms with Gasteiger partial charge in [0.2, 0.25) is 0 Å². The molecule has 0 bridgehead atoms. The monoisotopic (exact) mass is 267 g/mol. The van der Waals surface area contributed by atoms with Crippen molar-refractivity contribution in [3.05, 3.63) is 30.1 Å². The summed E-state index contributed by atoms with van der Waals surface area (Å²) < 4.78 is 13.1. The lowest BCUT2D eigenvalue weighted by molar-refractivity contribution is 0.494. The first-order valence-corrected chi connectivity index (χ1v) is 7.88. The molecule has 3 heteroatoms. The van der Waals surface area contributed by atoms with Crippen molar-refractivity contribution in [1.29, 1.82) is 0 Å². The van der Waals surface area contributed by atoms with E-state index in [4.69, 9.17) is 0 Å². The molecule has 1 aromatic rings. The average Bonchev–Trinajstić information content (AvgIpc) is 3.17. The van der Waals surface area contributed by atoms with Crippen molar-refractivity contribution in [2.45, 2.75) is 43.5 Å². The predicted molar refractivity (Wildman–Crippen MR) is 76.5 cm³/mol. The topological polar surface area (TPSA) is 12.0 Å². The van der Waals surface area contributed by atoms with Crippen LogP contribution < -0.4 is 5.32 Å². The third-order valence-corrected chi connectivity index (χ3v) is 4.40. The molecule has 1 saturated carbocycles. The van der Waals surface area contributed by atoms with Gasteiger partial charge in [0.15, 0.2) is 0 Å². The molecule has 1 unspecified atom stereocenters. The molecule has 0 aromatic heterocycles. The quantitative estimate of drug-likeness (QED) is 0.712. The first kappa shape index (κ1) is 13.9. The van der Waals surface area contributed by atoms with Gasteiger partial charge >= 0.3 is 0 Å². The lowest BCUT2D eigenvalue weighted by atomic mass is 10.1. The van der Waals surface area contributed by atoms with Gasteiger partial charge in [-0.25, -0.2) is 4.39 Å². The van der Waals surface area contributed by atoms with Crippen molar-refractivity contribution in [1.82, 2.24) is 5.32 Å². The number of nitrogens with one attached hydrogen (secondary N) is 1. The molecule has 0 aliphatic heterocycles. The van der Waals surface area contributed by atoms with Crippen LogP contribution in [-0.2, 0) is 0 Å². The fourth-order valence-electron chi connectivity index (χ4n) is 2.07. The second kappa shape index (κ2) is 7.15. The highest BCUT2D eigenvalue weighted by atomic mass is 32.2. The van der Waals surface area contributed by atoms with E-state index in [-0.39, 0.29) is 5.82 Å². The zero-order valence-electron chi connectivity index (χ0n) is 11.0. The van der Waals surface area contributed by atoms with Crippen LogP contribution in [0.15, 0.2) is 29.2 Å². The third kappa shape index (κ3) is 4.99. The van der Waals surface area contributed by atoms with E-state index in [1.807, 2.05) is 6.07 Å². The van der Waals surface area contributed by atoms with E-state index < -0.39 is 0 Å². The van der Waals surface area contributed by atoms with Crippen molar-refractivity contribution in [2.24, 2.45) is 5.92 Å². The molecular weight excluding hydrogens is 245 g/mol. The Hall–Kier alpha value is -0.540. The molecule has 18 heavy (non-hydrogen) atoms. The molecule has 0 saturated heterocycles. The fourth-order valence-corrected chi connectivity index (χ4v) is 3.09. The van der Waals surface area contributed by atoms with Gasteiger partial charge in [-0.2, -0.15) is 0 Å². The summed E-state index contributed by atoms with van der Waals surface area (Å²) in [6.45, 7) is 3.28. The molecule has 1 fully saturated rings. The van der Waals surface area contributed by atoms with Crippen molar-refractivity contribution in [3.63, 3.8) is 0 Å². The Balaban J connectivity index is 1.79. The first-order chi connectivity index (χ1) is 8.78. The van der Waals surface area contributed by atoms with E-state index >= 15 is 0 Å². The summed E-state index contributed by atoms with van der Waals surface area (Å²) in [6, 6.07) is 7.47. The second-order valence-corrected chi connectivity index (χ2v) is 6.19. The number of benzene rings is 1. The molecule has 1 aromatic carbocycles. The minimum absolute atomic E-state index is 0.139. The number of halogens is 1. The minimum Gasteiger partial charge on any atom is -0.313 e. The van der Waals surface area contributed by atoms with E-state index in [0.29, 0.717) is 6.04 Å². The Kier molecular flexibility index (Phi) is 5.51. The van der Waals surface area contributed by atoms with E-state index in [1.54, 1.807) is 23.9 Å². The highest BCUT2D eigenvalue weighted by Crippen LogP contribution is 2.34. The van der Waals surface area contributed by atoms with E-state index in [1.165, 1.54) is 31.7 Å². The molecule has 1 N–H and O–H groups in total. The lowest BCUT2D eigenvalue weighted by Gasteiger charge is -2.17. The zero-order chi connectivity index (χ0) is 12.8. The van der Waals surface area contributed by atoms with Crippen molar-refractivity contribution in [3.8, 4) is 0 Å². The lowest BCUT2D eigenvalue weighted by Crippen LogP contribution is -2.32. The summed E-state index contributed by atoms with van der Waals surface area (Å²) in [5, 5.41) is 3.61. The van der Waals surface area contributed by atoms with E-state index in [2.05, 4.69) is 12.2 Å². The fraction of sp³-hybridized carbons (Fsp3) is 0.600. The Morgan fingerprint density at radius 3 is 2.94 bits per heavy atom. The maximum absolute atomic E-state index is 13.1. The van der Waals surface area contributed by atoms with Crippen LogP contribution in [-0.4, -0.2) is 18.3 Å². The third-order valence-electron chi connectivity index (χ3n) is 3.25. The summed E-state index contributed by atoms with van der Waals surface area (Å²) >= 11 is 1.76. The van der Waals surface area contributed by atoms with Crippen LogP contribution in [0, 0.1) is 11.7 Å². The number of hydrogen-bond acceptors (Lipinski definition) is 2. The molecule has 0 heterocycles. The van der Waals surface area contributed by atoms with Crippen molar-refractivity contribution >= 4 is 11.8 Å². The van der Waals surface area contributed by atoms with Gasteiger partial charge in [-0.15, -0.1) is 11.8 Å². The summed E-state index contributed by atoms with van der Waals surface area (Å²) in [4.78, 5) is 1.04. The van der Waals surface area contributed by atoms with Crippen LogP contribution in [0.2, 0.25) is 0 Å². The summed E-state index contributed by atoms with van der Waals surface area (Å²) in [7, 11) is 0. The van der Waals surface area contributed by atoms with E-state index in [9.17, 15) is 4.39 Å². The smallest absolute Gasteiger partial charge is 0.124 e. The maximum Gasteiger partial charge on any atom is 0.124 e. The van der Waals surface area contributed by atoms with Gasteiger partial charge in [0, 0.05) is 16.7 Å². The van der Waals surface area contributed by atoms with E-state index in [0.717, 1.165) is 23.1 Å². The zero-order valence-corrected chi connectivity index (χ0v) is 11.8. The second-order valence-electron chi connectivity index (χ2n) is 5.10. The predicted octanol–water partition coefficient (Wildman–Crippen LogP) is 4.09. The Bertz CT molecular complexity index is 365. The van der Waals surface area contributed by atoms with Gasteiger partial charge in [-0.05, 0) is 43.5 Å². The largest absolute Gasteiger partial charge is 0.313 e. The molecule has 1 aliphatic rings. The highest BCUT2D eigenvalue weighted by molar-refractivity contribution is 7.99. The van der Waals surface area contributed by atoms with Crippen molar-refractivity contribution < 1.29 is 4.39 Å². The summed E-state index contributed by atoms with van der Waals surface area (Å²) in [5.74, 6) is 1.84. The molecule has 1 atom stereocenters. The van der Waals surface area contributed by atoms with Gasteiger partial charge in [-0.1, -0.05) is 25.8 Å². The number of rotatable bonds is 8. The minimum atomic E-state index is -0.139. The van der Waals surface area contributed by atoms with Gasteiger partial charge in [0.25, 0.3) is 0 Å². The standard InChI is InChI=1S/C15H22FNS/c1-2-8-17-14(9-12-6-7-12)11-18-15-5-3-4-13(16)10-15/h3-5,10,12,14,17H,2,6-9,11H2,1H3. The molecule has 0 amide bonds. The Labute approximate surface area is 114 Å². The SMILES string of the molecule is CCCNC(CSc1cccc(F)c1)CC1CC1. The van der Waals surface area contributed by atoms with Gasteiger partial charge < -0.3 is 5.32 Å². The molecule has 0 radical (unpaired) electrons. The highest BCUT2D eigenvalue weighted by Gasteiger charge is 2.25. The molecular formula is C15H22FNS. The van der Waals surface area contributed by atoms with Gasteiger partial charge in [-0.3, -0.25) is 0 Å². The normalized spacial score (nSPS) is 16.8. The number of hydrogen-bond donors (Lipinski definition) is 1. The molecule has 2 rings (SSSR count). The maximum atomic E-state index is 13.1. The number of thioether (sulfide) groups is 1.